The van der Waals surface area contributed by atoms with Crippen molar-refractivity contribution < 1.29 is 4.74 Å². The lowest BCUT2D eigenvalue weighted by atomic mass is 10.1. The third kappa shape index (κ3) is 3.12. The number of hydrogen-bond acceptors (Lipinski definition) is 7. The first kappa shape index (κ1) is 16.8. The Morgan fingerprint density at radius 1 is 1.22 bits per heavy atom. The van der Waals surface area contributed by atoms with Gasteiger partial charge in [-0.1, -0.05) is 0 Å². The fourth-order valence-electron chi connectivity index (χ4n) is 3.86. The van der Waals surface area contributed by atoms with Crippen LogP contribution in [0.4, 0.5) is 0 Å². The maximum absolute atomic E-state index is 5.49. The molecule has 3 aromatic rings. The van der Waals surface area contributed by atoms with E-state index in [9.17, 15) is 0 Å². The van der Waals surface area contributed by atoms with Crippen LogP contribution in [0.15, 0.2) is 22.8 Å². The Balaban J connectivity index is 1.36. The quantitative estimate of drug-likeness (QED) is 0.694. The van der Waals surface area contributed by atoms with E-state index in [0.717, 1.165) is 67.1 Å². The summed E-state index contributed by atoms with van der Waals surface area (Å²) in [7, 11) is 1.69. The van der Waals surface area contributed by atoms with Gasteiger partial charge in [0.05, 0.1) is 18.5 Å². The van der Waals surface area contributed by atoms with Crippen LogP contribution in [-0.4, -0.2) is 50.2 Å². The molecule has 0 spiro atoms. The van der Waals surface area contributed by atoms with Gasteiger partial charge >= 0.3 is 0 Å². The summed E-state index contributed by atoms with van der Waals surface area (Å²) in [5.41, 5.74) is 4.57. The molecule has 0 N–H and O–H groups in total. The highest BCUT2D eigenvalue weighted by Crippen LogP contribution is 2.26. The van der Waals surface area contributed by atoms with Crippen molar-refractivity contribution in [3.63, 3.8) is 0 Å². The molecule has 140 valence electrons. The molecule has 2 aliphatic heterocycles. The first-order valence-corrected chi connectivity index (χ1v) is 10.3. The molecular formula is C19H22N6OS. The number of nitrogens with zero attached hydrogens (tertiary/aromatic N) is 6. The number of aliphatic imine (C=N–C) groups is 1. The third-order valence-electron chi connectivity index (χ3n) is 5.29. The number of ether oxygens (including phenoxy) is 1. The second-order valence-electron chi connectivity index (χ2n) is 7.04. The lowest BCUT2D eigenvalue weighted by molar-refractivity contribution is 0.235. The molecule has 0 radical (unpaired) electrons. The summed E-state index contributed by atoms with van der Waals surface area (Å²) >= 11 is 1.63. The number of aromatic nitrogens is 4. The van der Waals surface area contributed by atoms with Gasteiger partial charge in [0, 0.05) is 55.9 Å². The van der Waals surface area contributed by atoms with Gasteiger partial charge in [-0.25, -0.2) is 9.97 Å². The van der Waals surface area contributed by atoms with Gasteiger partial charge in [-0.05, 0) is 19.3 Å². The van der Waals surface area contributed by atoms with E-state index >= 15 is 0 Å². The highest BCUT2D eigenvalue weighted by atomic mass is 32.1. The largest absolute Gasteiger partial charge is 0.480 e. The Morgan fingerprint density at radius 3 is 3.04 bits per heavy atom. The minimum atomic E-state index is 0.717. The monoisotopic (exact) mass is 382 g/mol. The van der Waals surface area contributed by atoms with Gasteiger partial charge in [-0.3, -0.25) is 14.3 Å². The lowest BCUT2D eigenvalue weighted by Gasteiger charge is -2.28. The van der Waals surface area contributed by atoms with Gasteiger partial charge < -0.3 is 4.74 Å². The molecule has 5 rings (SSSR count). The Bertz CT molecular complexity index is 1010. The zero-order chi connectivity index (χ0) is 18.2. The van der Waals surface area contributed by atoms with Crippen molar-refractivity contribution in [1.29, 1.82) is 0 Å². The molecular weight excluding hydrogens is 360 g/mol. The minimum Gasteiger partial charge on any atom is -0.480 e. The number of thiazole rings is 1. The van der Waals surface area contributed by atoms with Crippen molar-refractivity contribution in [1.82, 2.24) is 24.3 Å². The molecule has 0 aromatic carbocycles. The molecule has 8 heteroatoms. The van der Waals surface area contributed by atoms with Crippen LogP contribution in [0.5, 0.6) is 5.88 Å². The second kappa shape index (κ2) is 7.01. The molecule has 3 aromatic heterocycles. The van der Waals surface area contributed by atoms with Crippen LogP contribution in [0.2, 0.25) is 0 Å². The van der Waals surface area contributed by atoms with E-state index in [0.29, 0.717) is 0 Å². The Hall–Kier alpha value is -2.32. The summed E-state index contributed by atoms with van der Waals surface area (Å²) in [5.74, 6) is 1.55. The fourth-order valence-corrected chi connectivity index (χ4v) is 4.58. The highest BCUT2D eigenvalue weighted by Gasteiger charge is 2.23. The van der Waals surface area contributed by atoms with Crippen LogP contribution in [0, 0.1) is 0 Å². The van der Waals surface area contributed by atoms with E-state index in [4.69, 9.17) is 9.72 Å². The zero-order valence-electron chi connectivity index (χ0n) is 15.4. The number of imidazole rings is 1. The van der Waals surface area contributed by atoms with E-state index in [-0.39, 0.29) is 0 Å². The summed E-state index contributed by atoms with van der Waals surface area (Å²) in [6, 6.07) is 0. The van der Waals surface area contributed by atoms with Crippen LogP contribution in [0.3, 0.4) is 0 Å². The Labute approximate surface area is 161 Å². The maximum atomic E-state index is 5.49. The molecule has 0 aliphatic carbocycles. The van der Waals surface area contributed by atoms with Crippen molar-refractivity contribution in [3.05, 3.63) is 40.5 Å². The van der Waals surface area contributed by atoms with Crippen molar-refractivity contribution in [2.45, 2.75) is 38.8 Å². The maximum Gasteiger partial charge on any atom is 0.237 e. The Kier molecular flexibility index (Phi) is 4.37. The molecule has 0 saturated carbocycles. The van der Waals surface area contributed by atoms with Gasteiger partial charge in [0.2, 0.25) is 5.88 Å². The predicted octanol–water partition coefficient (Wildman–Crippen LogP) is 2.73. The molecule has 2 aliphatic rings. The average molecular weight is 382 g/mol. The first-order valence-electron chi connectivity index (χ1n) is 9.41. The van der Waals surface area contributed by atoms with E-state index in [1.165, 1.54) is 24.1 Å². The highest BCUT2D eigenvalue weighted by molar-refractivity contribution is 7.15. The van der Waals surface area contributed by atoms with Crippen LogP contribution in [-0.2, 0) is 19.5 Å². The van der Waals surface area contributed by atoms with Crippen molar-refractivity contribution in [2.24, 2.45) is 4.99 Å². The fraction of sp³-hybridized carbons (Fsp3) is 0.474. The van der Waals surface area contributed by atoms with E-state index in [1.54, 1.807) is 18.4 Å². The van der Waals surface area contributed by atoms with Gasteiger partial charge in [0.15, 0.2) is 10.8 Å². The molecule has 27 heavy (non-hydrogen) atoms. The predicted molar refractivity (Wildman–Crippen MR) is 105 cm³/mol. The SMILES string of the molecule is COc1nc2sccn2c1CN1CCc2nc(C3=NCCCC3)ncc2C1. The summed E-state index contributed by atoms with van der Waals surface area (Å²) in [6.45, 7) is 3.53. The molecule has 0 amide bonds. The van der Waals surface area contributed by atoms with Gasteiger partial charge in [-0.2, -0.15) is 4.98 Å². The average Bonchev–Trinajstić information content (AvgIpc) is 3.30. The normalized spacial score (nSPS) is 17.7. The van der Waals surface area contributed by atoms with Crippen LogP contribution < -0.4 is 4.74 Å². The summed E-state index contributed by atoms with van der Waals surface area (Å²) in [4.78, 5) is 22.0. The molecule has 0 unspecified atom stereocenters. The minimum absolute atomic E-state index is 0.717. The van der Waals surface area contributed by atoms with Crippen molar-refractivity contribution in [2.75, 3.05) is 20.2 Å². The van der Waals surface area contributed by atoms with Crippen LogP contribution >= 0.6 is 11.3 Å². The summed E-state index contributed by atoms with van der Waals surface area (Å²) < 4.78 is 7.62. The number of methoxy groups -OCH3 is 1. The van der Waals surface area contributed by atoms with Crippen LogP contribution in [0.25, 0.3) is 4.96 Å². The van der Waals surface area contributed by atoms with Gasteiger partial charge in [0.25, 0.3) is 0 Å². The topological polar surface area (TPSA) is 67.9 Å². The second-order valence-corrected chi connectivity index (χ2v) is 7.91. The standard InChI is InChI=1S/C19H22N6OS/c1-26-18-16(25-8-9-27-19(25)23-18)12-24-7-5-14-13(11-24)10-21-17(22-14)15-4-2-3-6-20-15/h8-10H,2-7,11-12H2,1H3. The first-order chi connectivity index (χ1) is 13.3. The van der Waals surface area contributed by atoms with Crippen LogP contribution in [0.1, 0.15) is 42.0 Å². The number of fused-ring (bicyclic) bond motifs is 2. The zero-order valence-corrected chi connectivity index (χ0v) is 16.2. The summed E-state index contributed by atoms with van der Waals surface area (Å²) in [5, 5.41) is 2.06. The Morgan fingerprint density at radius 2 is 2.19 bits per heavy atom. The molecule has 0 fully saturated rings. The van der Waals surface area contributed by atoms with E-state index in [1.807, 2.05) is 6.20 Å². The smallest absolute Gasteiger partial charge is 0.237 e. The number of hydrogen-bond donors (Lipinski definition) is 0. The van der Waals surface area contributed by atoms with Gasteiger partial charge in [0.1, 0.15) is 5.69 Å². The number of rotatable bonds is 4. The van der Waals surface area contributed by atoms with E-state index in [2.05, 4.69) is 35.8 Å². The molecule has 5 heterocycles. The molecule has 0 bridgehead atoms. The van der Waals surface area contributed by atoms with Gasteiger partial charge in [-0.15, -0.1) is 11.3 Å². The molecule has 7 nitrogen and oxygen atoms in total. The molecule has 0 saturated heterocycles. The summed E-state index contributed by atoms with van der Waals surface area (Å²) in [6.07, 6.45) is 8.36. The lowest BCUT2D eigenvalue weighted by Crippen LogP contribution is -2.32. The third-order valence-corrected chi connectivity index (χ3v) is 6.04. The van der Waals surface area contributed by atoms with Crippen molar-refractivity contribution >= 4 is 22.0 Å². The molecule has 0 atom stereocenters. The van der Waals surface area contributed by atoms with Crippen molar-refractivity contribution in [3.8, 4) is 5.88 Å². The van der Waals surface area contributed by atoms with E-state index < -0.39 is 0 Å².